The highest BCUT2D eigenvalue weighted by atomic mass is 35.5. The molecule has 1 fully saturated rings. The van der Waals surface area contributed by atoms with Crippen molar-refractivity contribution in [1.29, 1.82) is 0 Å². The number of hydrogen-bond acceptors (Lipinski definition) is 5. The summed E-state index contributed by atoms with van der Waals surface area (Å²) >= 11 is 0. The van der Waals surface area contributed by atoms with Crippen molar-refractivity contribution in [2.45, 2.75) is 55.5 Å². The molecule has 26 heavy (non-hydrogen) atoms. The van der Waals surface area contributed by atoms with E-state index in [9.17, 15) is 13.2 Å². The lowest BCUT2D eigenvalue weighted by Crippen LogP contribution is -2.52. The topological polar surface area (TPSA) is 114 Å². The van der Waals surface area contributed by atoms with Crippen LogP contribution in [-0.2, 0) is 14.8 Å². The number of carbonyl (C=O) groups excluding carboxylic acids is 1. The van der Waals surface area contributed by atoms with E-state index in [4.69, 9.17) is 5.73 Å². The fraction of sp³-hybridized carbons (Fsp3) is 0.529. The van der Waals surface area contributed by atoms with E-state index in [1.807, 2.05) is 0 Å². The van der Waals surface area contributed by atoms with Crippen molar-refractivity contribution >= 4 is 34.2 Å². The Bertz CT molecular complexity index is 804. The fourth-order valence-corrected chi connectivity index (χ4v) is 4.78. The maximum Gasteiger partial charge on any atom is 0.263 e. The minimum atomic E-state index is -3.56. The summed E-state index contributed by atoms with van der Waals surface area (Å²) in [5.41, 5.74) is 6.10. The first-order valence-corrected chi connectivity index (χ1v) is 10.0. The van der Waals surface area contributed by atoms with Crippen LogP contribution in [0, 0.1) is 0 Å². The number of carbonyl (C=O) groups is 1. The van der Waals surface area contributed by atoms with Crippen LogP contribution in [0.4, 0.5) is 0 Å². The van der Waals surface area contributed by atoms with E-state index in [1.54, 1.807) is 31.2 Å². The maximum absolute atomic E-state index is 12.3. The van der Waals surface area contributed by atoms with E-state index in [1.165, 1.54) is 0 Å². The molecule has 0 radical (unpaired) electrons. The number of sulfonamides is 1. The van der Waals surface area contributed by atoms with Gasteiger partial charge in [0.25, 0.3) is 10.0 Å². The smallest absolute Gasteiger partial charge is 0.263 e. The van der Waals surface area contributed by atoms with Crippen LogP contribution in [0.1, 0.15) is 44.6 Å². The van der Waals surface area contributed by atoms with Gasteiger partial charge in [-0.3, -0.25) is 14.5 Å². The Labute approximate surface area is 160 Å². The average molecular weight is 401 g/mol. The van der Waals surface area contributed by atoms with Gasteiger partial charge in [0.05, 0.1) is 16.5 Å². The molecule has 0 saturated heterocycles. The number of fused-ring (bicyclic) bond motifs is 1. The summed E-state index contributed by atoms with van der Waals surface area (Å²) in [6.45, 7) is 2.24. The van der Waals surface area contributed by atoms with E-state index in [0.717, 1.165) is 25.7 Å². The molecule has 4 N–H and O–H groups in total. The Morgan fingerprint density at radius 3 is 2.65 bits per heavy atom. The second kappa shape index (κ2) is 7.94. The molecule has 1 aliphatic carbocycles. The number of nitrogens with two attached hydrogens (primary N) is 1. The number of amidine groups is 1. The largest absolute Gasteiger partial charge is 0.349 e. The number of rotatable bonds is 5. The summed E-state index contributed by atoms with van der Waals surface area (Å²) < 4.78 is 26.6. The number of hydrogen-bond donors (Lipinski definition) is 3. The van der Waals surface area contributed by atoms with Gasteiger partial charge in [-0.05, 0) is 31.9 Å². The normalized spacial score (nSPS) is 22.2. The van der Waals surface area contributed by atoms with Gasteiger partial charge in [-0.25, -0.2) is 8.42 Å². The Morgan fingerprint density at radius 2 is 2.00 bits per heavy atom. The van der Waals surface area contributed by atoms with E-state index >= 15 is 0 Å². The highest BCUT2D eigenvalue weighted by Gasteiger charge is 2.34. The molecular formula is C17H25ClN4O3S. The average Bonchev–Trinajstić information content (AvgIpc) is 3.11. The lowest BCUT2D eigenvalue weighted by Gasteiger charge is -2.29. The summed E-state index contributed by atoms with van der Waals surface area (Å²) in [5, 5.41) is 3.06. The zero-order valence-corrected chi connectivity index (χ0v) is 16.3. The van der Waals surface area contributed by atoms with Crippen molar-refractivity contribution in [3.8, 4) is 0 Å². The number of amides is 1. The van der Waals surface area contributed by atoms with E-state index in [-0.39, 0.29) is 41.2 Å². The predicted molar refractivity (Wildman–Crippen MR) is 103 cm³/mol. The molecule has 1 atom stereocenters. The van der Waals surface area contributed by atoms with Gasteiger partial charge in [0.15, 0.2) is 0 Å². The van der Waals surface area contributed by atoms with Gasteiger partial charge in [-0.2, -0.15) is 0 Å². The third kappa shape index (κ3) is 4.19. The first-order valence-electron chi connectivity index (χ1n) is 8.56. The summed E-state index contributed by atoms with van der Waals surface area (Å²) in [7, 11) is -3.56. The zero-order valence-electron chi connectivity index (χ0n) is 14.7. The SMILES string of the molecule is CC(CC(=O)NC1(CN)CCCC1)N=C1NS(=O)(=O)c2ccccc21.Cl. The molecule has 1 aromatic carbocycles. The summed E-state index contributed by atoms with van der Waals surface area (Å²) in [6.07, 6.45) is 4.16. The van der Waals surface area contributed by atoms with Gasteiger partial charge < -0.3 is 11.1 Å². The van der Waals surface area contributed by atoms with Crippen LogP contribution in [0.15, 0.2) is 34.2 Å². The summed E-state index contributed by atoms with van der Waals surface area (Å²) in [6, 6.07) is 6.34. The first-order chi connectivity index (χ1) is 11.9. The Hall–Kier alpha value is -1.64. The van der Waals surface area contributed by atoms with Crippen LogP contribution >= 0.6 is 12.4 Å². The Kier molecular flexibility index (Phi) is 6.31. The Balaban J connectivity index is 0.00000243. The minimum Gasteiger partial charge on any atom is -0.349 e. The van der Waals surface area contributed by atoms with Crippen molar-refractivity contribution < 1.29 is 13.2 Å². The van der Waals surface area contributed by atoms with Gasteiger partial charge >= 0.3 is 0 Å². The fourth-order valence-electron chi connectivity index (χ4n) is 3.54. The molecule has 144 valence electrons. The maximum atomic E-state index is 12.3. The molecule has 7 nitrogen and oxygen atoms in total. The van der Waals surface area contributed by atoms with Gasteiger partial charge in [-0.15, -0.1) is 12.4 Å². The van der Waals surface area contributed by atoms with Crippen molar-refractivity contribution in [2.24, 2.45) is 10.7 Å². The van der Waals surface area contributed by atoms with Crippen LogP contribution in [0.2, 0.25) is 0 Å². The number of halogens is 1. The summed E-state index contributed by atoms with van der Waals surface area (Å²) in [5.74, 6) is 0.198. The van der Waals surface area contributed by atoms with Gasteiger partial charge in [0.1, 0.15) is 5.84 Å². The van der Waals surface area contributed by atoms with Crippen molar-refractivity contribution in [3.05, 3.63) is 29.8 Å². The molecule has 9 heteroatoms. The second-order valence-electron chi connectivity index (χ2n) is 6.87. The molecule has 0 bridgehead atoms. The van der Waals surface area contributed by atoms with E-state index in [0.29, 0.717) is 17.9 Å². The van der Waals surface area contributed by atoms with Crippen molar-refractivity contribution in [3.63, 3.8) is 0 Å². The monoisotopic (exact) mass is 400 g/mol. The molecule has 2 aliphatic rings. The molecule has 1 heterocycles. The molecule has 0 aromatic heterocycles. The highest BCUT2D eigenvalue weighted by molar-refractivity contribution is 7.90. The molecule has 3 rings (SSSR count). The van der Waals surface area contributed by atoms with Gasteiger partial charge in [0, 0.05) is 18.5 Å². The standard InChI is InChI=1S/C17H24N4O3S.ClH/c1-12(10-15(22)20-17(11-18)8-4-5-9-17)19-16-13-6-2-3-7-14(13)25(23,24)21-16;/h2-3,6-7,12H,4-5,8-11,18H2,1H3,(H,19,21)(H,20,22);1H. The van der Waals surface area contributed by atoms with Crippen LogP contribution in [0.25, 0.3) is 0 Å². The van der Waals surface area contributed by atoms with E-state index < -0.39 is 10.0 Å². The molecule has 1 saturated carbocycles. The van der Waals surface area contributed by atoms with Gasteiger partial charge in [-0.1, -0.05) is 25.0 Å². The third-order valence-electron chi connectivity index (χ3n) is 4.85. The number of nitrogens with zero attached hydrogens (tertiary/aromatic N) is 1. The predicted octanol–water partition coefficient (Wildman–Crippen LogP) is 1.31. The first kappa shape index (κ1) is 20.7. The molecule has 1 aliphatic heterocycles. The quantitative estimate of drug-likeness (QED) is 0.691. The van der Waals surface area contributed by atoms with Gasteiger partial charge in [0.2, 0.25) is 5.91 Å². The second-order valence-corrected chi connectivity index (χ2v) is 8.52. The number of nitrogens with one attached hydrogen (secondary N) is 2. The van der Waals surface area contributed by atoms with Crippen LogP contribution in [0.3, 0.4) is 0 Å². The molecular weight excluding hydrogens is 376 g/mol. The lowest BCUT2D eigenvalue weighted by atomic mass is 9.97. The highest BCUT2D eigenvalue weighted by Crippen LogP contribution is 2.29. The van der Waals surface area contributed by atoms with E-state index in [2.05, 4.69) is 15.0 Å². The summed E-state index contributed by atoms with van der Waals surface area (Å²) in [4.78, 5) is 17.0. The lowest BCUT2D eigenvalue weighted by molar-refractivity contribution is -0.123. The zero-order chi connectivity index (χ0) is 18.1. The number of aliphatic imine (C=N–C) groups is 1. The molecule has 1 aromatic rings. The molecule has 0 spiro atoms. The molecule has 1 unspecified atom stereocenters. The molecule has 1 amide bonds. The number of benzene rings is 1. The van der Waals surface area contributed by atoms with Crippen molar-refractivity contribution in [1.82, 2.24) is 10.0 Å². The minimum absolute atomic E-state index is 0. The van der Waals surface area contributed by atoms with Crippen LogP contribution < -0.4 is 15.8 Å². The Morgan fingerprint density at radius 1 is 1.35 bits per heavy atom. The van der Waals surface area contributed by atoms with Crippen LogP contribution in [-0.4, -0.2) is 38.3 Å². The van der Waals surface area contributed by atoms with Crippen LogP contribution in [0.5, 0.6) is 0 Å². The third-order valence-corrected chi connectivity index (χ3v) is 6.25. The van der Waals surface area contributed by atoms with Crippen molar-refractivity contribution in [2.75, 3.05) is 6.54 Å².